The normalized spacial score (nSPS) is 10.5. The molecule has 2 aromatic rings. The molecule has 1 heterocycles. The average molecular weight is 289 g/mol. The minimum absolute atomic E-state index is 0.0690. The number of aromatic amines is 1. The standard InChI is InChI=1S/C15H16FN3O2/c1-9-10(2)18-14(20)13(17-9)15(21)19(3)8-11-6-4-5-7-12(11)16/h4-7H,8H2,1-3H3,(H,18,20). The van der Waals surface area contributed by atoms with Gasteiger partial charge in [-0.2, -0.15) is 0 Å². The molecule has 0 atom stereocenters. The summed E-state index contributed by atoms with van der Waals surface area (Å²) in [6, 6.07) is 6.19. The minimum atomic E-state index is -0.539. The summed E-state index contributed by atoms with van der Waals surface area (Å²) >= 11 is 0. The molecule has 0 unspecified atom stereocenters. The molecule has 0 aliphatic carbocycles. The van der Waals surface area contributed by atoms with Crippen molar-refractivity contribution in [2.24, 2.45) is 0 Å². The molecule has 1 aromatic carbocycles. The van der Waals surface area contributed by atoms with E-state index in [4.69, 9.17) is 0 Å². The SMILES string of the molecule is Cc1nc(C(=O)N(C)Cc2ccccc2F)c(=O)[nH]c1C. The number of carbonyl (C=O) groups excluding carboxylic acids is 1. The number of aromatic nitrogens is 2. The molecular weight excluding hydrogens is 273 g/mol. The van der Waals surface area contributed by atoms with Gasteiger partial charge >= 0.3 is 0 Å². The van der Waals surface area contributed by atoms with Crippen LogP contribution in [-0.2, 0) is 6.54 Å². The smallest absolute Gasteiger partial charge is 0.279 e. The highest BCUT2D eigenvalue weighted by molar-refractivity contribution is 5.91. The number of amides is 1. The number of rotatable bonds is 3. The van der Waals surface area contributed by atoms with Gasteiger partial charge in [-0.1, -0.05) is 18.2 Å². The lowest BCUT2D eigenvalue weighted by atomic mass is 10.2. The summed E-state index contributed by atoms with van der Waals surface area (Å²) in [5.41, 5.74) is 0.861. The first-order valence-corrected chi connectivity index (χ1v) is 6.46. The molecule has 0 saturated heterocycles. The maximum absolute atomic E-state index is 13.6. The number of halogens is 1. The van der Waals surface area contributed by atoms with E-state index >= 15 is 0 Å². The molecule has 0 aliphatic heterocycles. The van der Waals surface area contributed by atoms with Crippen LogP contribution >= 0.6 is 0 Å². The lowest BCUT2D eigenvalue weighted by molar-refractivity contribution is 0.0775. The van der Waals surface area contributed by atoms with Gasteiger partial charge in [0.2, 0.25) is 0 Å². The first-order chi connectivity index (χ1) is 9.90. The zero-order valence-electron chi connectivity index (χ0n) is 12.1. The quantitative estimate of drug-likeness (QED) is 0.937. The van der Waals surface area contributed by atoms with Crippen molar-refractivity contribution in [2.75, 3.05) is 7.05 Å². The highest BCUT2D eigenvalue weighted by Crippen LogP contribution is 2.10. The minimum Gasteiger partial charge on any atom is -0.336 e. The van der Waals surface area contributed by atoms with Crippen LogP contribution < -0.4 is 5.56 Å². The van der Waals surface area contributed by atoms with E-state index in [9.17, 15) is 14.0 Å². The van der Waals surface area contributed by atoms with Crippen LogP contribution in [0, 0.1) is 19.7 Å². The summed E-state index contributed by atoms with van der Waals surface area (Å²) in [6.45, 7) is 3.49. The molecule has 1 aromatic heterocycles. The highest BCUT2D eigenvalue weighted by atomic mass is 19.1. The van der Waals surface area contributed by atoms with Gasteiger partial charge in [0.1, 0.15) is 5.82 Å². The Morgan fingerprint density at radius 3 is 2.67 bits per heavy atom. The van der Waals surface area contributed by atoms with E-state index in [0.717, 1.165) is 0 Å². The summed E-state index contributed by atoms with van der Waals surface area (Å²) in [5.74, 6) is -0.929. The predicted octanol–water partition coefficient (Wildman–Crippen LogP) is 1.80. The van der Waals surface area contributed by atoms with Crippen molar-refractivity contribution in [3.05, 3.63) is 63.1 Å². The molecule has 110 valence electrons. The molecule has 0 fully saturated rings. The summed E-state index contributed by atoms with van der Waals surface area (Å²) < 4.78 is 13.6. The summed E-state index contributed by atoms with van der Waals surface area (Å²) in [6.07, 6.45) is 0. The number of aryl methyl sites for hydroxylation is 2. The van der Waals surface area contributed by atoms with Crippen LogP contribution in [0.15, 0.2) is 29.1 Å². The molecular formula is C15H16FN3O2. The zero-order chi connectivity index (χ0) is 15.6. The lowest BCUT2D eigenvalue weighted by Gasteiger charge is -2.17. The largest absolute Gasteiger partial charge is 0.336 e. The summed E-state index contributed by atoms with van der Waals surface area (Å²) in [5, 5.41) is 0. The third kappa shape index (κ3) is 3.16. The number of nitrogens with zero attached hydrogens (tertiary/aromatic N) is 2. The van der Waals surface area contributed by atoms with E-state index in [0.29, 0.717) is 17.0 Å². The molecule has 0 saturated carbocycles. The van der Waals surface area contributed by atoms with Crippen molar-refractivity contribution < 1.29 is 9.18 Å². The Morgan fingerprint density at radius 2 is 2.00 bits per heavy atom. The molecule has 0 spiro atoms. The Kier molecular flexibility index (Phi) is 4.16. The van der Waals surface area contributed by atoms with Gasteiger partial charge in [0.05, 0.1) is 5.69 Å². The average Bonchev–Trinajstić information content (AvgIpc) is 2.44. The Bertz CT molecular complexity index is 740. The molecule has 0 radical (unpaired) electrons. The number of nitrogens with one attached hydrogen (secondary N) is 1. The molecule has 21 heavy (non-hydrogen) atoms. The van der Waals surface area contributed by atoms with Gasteiger partial charge in [0.25, 0.3) is 11.5 Å². The van der Waals surface area contributed by atoms with Crippen molar-refractivity contribution in [3.63, 3.8) is 0 Å². The monoisotopic (exact) mass is 289 g/mol. The Morgan fingerprint density at radius 1 is 1.33 bits per heavy atom. The summed E-state index contributed by atoms with van der Waals surface area (Å²) in [4.78, 5) is 32.0. The van der Waals surface area contributed by atoms with Gasteiger partial charge in [-0.15, -0.1) is 0 Å². The number of benzene rings is 1. The second-order valence-corrected chi connectivity index (χ2v) is 4.88. The Hall–Kier alpha value is -2.50. The number of H-pyrrole nitrogens is 1. The highest BCUT2D eigenvalue weighted by Gasteiger charge is 2.19. The maximum Gasteiger partial charge on any atom is 0.279 e. The van der Waals surface area contributed by atoms with Crippen molar-refractivity contribution in [3.8, 4) is 0 Å². The second kappa shape index (κ2) is 5.87. The zero-order valence-corrected chi connectivity index (χ0v) is 12.1. The van der Waals surface area contributed by atoms with E-state index in [1.54, 1.807) is 32.0 Å². The van der Waals surface area contributed by atoms with Crippen LogP contribution in [0.1, 0.15) is 27.4 Å². The van der Waals surface area contributed by atoms with Gasteiger partial charge in [0.15, 0.2) is 5.69 Å². The molecule has 6 heteroatoms. The van der Waals surface area contributed by atoms with E-state index in [-0.39, 0.29) is 18.1 Å². The lowest BCUT2D eigenvalue weighted by Crippen LogP contribution is -2.33. The molecule has 0 aliphatic rings. The number of hydrogen-bond donors (Lipinski definition) is 1. The van der Waals surface area contributed by atoms with Crippen LogP contribution in [0.2, 0.25) is 0 Å². The third-order valence-electron chi connectivity index (χ3n) is 3.25. The number of carbonyl (C=O) groups is 1. The first-order valence-electron chi connectivity index (χ1n) is 6.46. The second-order valence-electron chi connectivity index (χ2n) is 4.88. The maximum atomic E-state index is 13.6. The van der Waals surface area contributed by atoms with Crippen LogP contribution in [0.4, 0.5) is 4.39 Å². The van der Waals surface area contributed by atoms with E-state index < -0.39 is 11.5 Å². The van der Waals surface area contributed by atoms with Crippen LogP contribution in [-0.4, -0.2) is 27.8 Å². The van der Waals surface area contributed by atoms with Crippen molar-refractivity contribution in [2.45, 2.75) is 20.4 Å². The fraction of sp³-hybridized carbons (Fsp3) is 0.267. The van der Waals surface area contributed by atoms with Crippen molar-refractivity contribution in [1.29, 1.82) is 0 Å². The van der Waals surface area contributed by atoms with E-state index in [2.05, 4.69) is 9.97 Å². The molecule has 1 N–H and O–H groups in total. The Balaban J connectivity index is 2.26. The van der Waals surface area contributed by atoms with Crippen LogP contribution in [0.25, 0.3) is 0 Å². The van der Waals surface area contributed by atoms with Gasteiger partial charge in [-0.3, -0.25) is 9.59 Å². The first kappa shape index (κ1) is 14.9. The fourth-order valence-corrected chi connectivity index (χ4v) is 1.90. The fourth-order valence-electron chi connectivity index (χ4n) is 1.90. The van der Waals surface area contributed by atoms with E-state index in [1.165, 1.54) is 18.0 Å². The van der Waals surface area contributed by atoms with E-state index in [1.807, 2.05) is 0 Å². The van der Waals surface area contributed by atoms with Gasteiger partial charge in [-0.05, 0) is 19.9 Å². The van der Waals surface area contributed by atoms with Crippen molar-refractivity contribution in [1.82, 2.24) is 14.9 Å². The van der Waals surface area contributed by atoms with Crippen LogP contribution in [0.5, 0.6) is 0 Å². The van der Waals surface area contributed by atoms with Crippen molar-refractivity contribution >= 4 is 5.91 Å². The van der Waals surface area contributed by atoms with Crippen LogP contribution in [0.3, 0.4) is 0 Å². The van der Waals surface area contributed by atoms with Gasteiger partial charge in [0, 0.05) is 24.8 Å². The predicted molar refractivity (Wildman–Crippen MR) is 76.5 cm³/mol. The molecule has 0 bridgehead atoms. The molecule has 2 rings (SSSR count). The third-order valence-corrected chi connectivity index (χ3v) is 3.25. The van der Waals surface area contributed by atoms with Gasteiger partial charge in [-0.25, -0.2) is 9.37 Å². The summed E-state index contributed by atoms with van der Waals surface area (Å²) in [7, 11) is 1.51. The molecule has 1 amide bonds. The molecule has 5 nitrogen and oxygen atoms in total. The topological polar surface area (TPSA) is 66.1 Å². The Labute approximate surface area is 121 Å². The van der Waals surface area contributed by atoms with Gasteiger partial charge < -0.3 is 9.88 Å². The number of hydrogen-bond acceptors (Lipinski definition) is 3.